The van der Waals surface area contributed by atoms with Crippen LogP contribution in [0.1, 0.15) is 35.6 Å². The van der Waals surface area contributed by atoms with Gasteiger partial charge in [-0.15, -0.1) is 5.10 Å². The van der Waals surface area contributed by atoms with Crippen LogP contribution in [0.25, 0.3) is 22.5 Å². The van der Waals surface area contributed by atoms with Gasteiger partial charge in [0.05, 0.1) is 6.20 Å². The summed E-state index contributed by atoms with van der Waals surface area (Å²) in [4.78, 5) is 21.4. The highest BCUT2D eigenvalue weighted by molar-refractivity contribution is 5.81. The Morgan fingerprint density at radius 3 is 1.80 bits per heavy atom. The molecule has 0 unspecified atom stereocenters. The zero-order valence-corrected chi connectivity index (χ0v) is 27.4. The molecule has 0 atom stereocenters. The molecule has 7 rings (SSSR count). The molecule has 0 aliphatic heterocycles. The van der Waals surface area contributed by atoms with Crippen molar-refractivity contribution >= 4 is 11.6 Å². The highest BCUT2D eigenvalue weighted by Crippen LogP contribution is 2.43. The van der Waals surface area contributed by atoms with Gasteiger partial charge in [-0.05, 0) is 60.1 Å². The van der Waals surface area contributed by atoms with Crippen molar-refractivity contribution in [3.63, 3.8) is 0 Å². The van der Waals surface area contributed by atoms with Gasteiger partial charge in [0.2, 0.25) is 5.82 Å². The van der Waals surface area contributed by atoms with Gasteiger partial charge in [-0.3, -0.25) is 0 Å². The van der Waals surface area contributed by atoms with E-state index in [9.17, 15) is 10.1 Å². The summed E-state index contributed by atoms with van der Waals surface area (Å²) in [5, 5.41) is 25.4. The number of rotatable bonds is 12. The fourth-order valence-electron chi connectivity index (χ4n) is 6.63. The Hall–Kier alpha value is -6.55. The monoisotopic (exact) mass is 658 g/mol. The van der Waals surface area contributed by atoms with Crippen LogP contribution in [0.5, 0.6) is 0 Å². The predicted octanol–water partition coefficient (Wildman–Crippen LogP) is 7.96. The van der Waals surface area contributed by atoms with Crippen LogP contribution >= 0.6 is 0 Å². The zero-order chi connectivity index (χ0) is 34.3. The fraction of sp³-hybridized carbons (Fsp3) is 0.125. The average molecular weight is 659 g/mol. The lowest BCUT2D eigenvalue weighted by atomic mass is 9.77. The molecule has 0 bridgehead atoms. The summed E-state index contributed by atoms with van der Waals surface area (Å²) < 4.78 is 1.94. The lowest BCUT2D eigenvalue weighted by Gasteiger charge is -2.36. The molecular formula is C40H34N8O2. The number of nitro groups is 1. The van der Waals surface area contributed by atoms with E-state index in [1.165, 1.54) is 12.4 Å². The normalized spacial score (nSPS) is 11.3. The number of anilines is 1. The molecule has 0 N–H and O–H groups in total. The van der Waals surface area contributed by atoms with Crippen LogP contribution in [0.2, 0.25) is 0 Å². The van der Waals surface area contributed by atoms with Crippen molar-refractivity contribution in [3.8, 4) is 22.5 Å². The lowest BCUT2D eigenvalue weighted by molar-refractivity contribution is -0.389. The molecule has 5 aromatic carbocycles. The molecule has 246 valence electrons. The summed E-state index contributed by atoms with van der Waals surface area (Å²) in [6.45, 7) is 3.07. The van der Waals surface area contributed by atoms with Crippen LogP contribution in [-0.4, -0.2) is 41.6 Å². The molecule has 0 fully saturated rings. The van der Waals surface area contributed by atoms with Crippen LogP contribution in [0.4, 0.5) is 11.6 Å². The quantitative estimate of drug-likeness (QED) is 0.0738. The zero-order valence-electron chi connectivity index (χ0n) is 27.4. The summed E-state index contributed by atoms with van der Waals surface area (Å²) in [5.41, 5.74) is 5.99. The van der Waals surface area contributed by atoms with Gasteiger partial charge >= 0.3 is 5.82 Å². The Bertz CT molecular complexity index is 2090. The molecule has 0 spiro atoms. The minimum absolute atomic E-state index is 0.248. The first-order valence-corrected chi connectivity index (χ1v) is 16.5. The van der Waals surface area contributed by atoms with Gasteiger partial charge in [0.1, 0.15) is 5.54 Å². The SMILES string of the molecule is CCCN(Cc1ccc(-c2ccccc2-c2nnnn2C(c2ccccc2)(c2ccccc2)c2ccccc2)cc1)c1nccnc1[N+](=O)[O-]. The highest BCUT2D eigenvalue weighted by atomic mass is 16.6. The second-order valence-corrected chi connectivity index (χ2v) is 11.8. The first-order valence-electron chi connectivity index (χ1n) is 16.5. The van der Waals surface area contributed by atoms with Gasteiger partial charge in [0.15, 0.2) is 12.0 Å². The summed E-state index contributed by atoms with van der Waals surface area (Å²) >= 11 is 0. The fourth-order valence-corrected chi connectivity index (χ4v) is 6.63. The third-order valence-electron chi connectivity index (χ3n) is 8.79. The molecule has 0 radical (unpaired) electrons. The van der Waals surface area contributed by atoms with E-state index in [4.69, 9.17) is 5.21 Å². The van der Waals surface area contributed by atoms with Crippen LogP contribution in [0, 0.1) is 10.1 Å². The largest absolute Gasteiger partial charge is 0.406 e. The summed E-state index contributed by atoms with van der Waals surface area (Å²) in [7, 11) is 0. The predicted molar refractivity (Wildman–Crippen MR) is 193 cm³/mol. The number of tetrazole rings is 1. The maximum absolute atomic E-state index is 11.7. The second-order valence-electron chi connectivity index (χ2n) is 11.8. The van der Waals surface area contributed by atoms with Gasteiger partial charge in [-0.25, -0.2) is 9.67 Å². The topological polar surface area (TPSA) is 116 Å². The van der Waals surface area contributed by atoms with Gasteiger partial charge in [-0.2, -0.15) is 0 Å². The van der Waals surface area contributed by atoms with E-state index in [-0.39, 0.29) is 11.6 Å². The maximum atomic E-state index is 11.7. The molecule has 0 saturated heterocycles. The molecule has 0 amide bonds. The van der Waals surface area contributed by atoms with Crippen molar-refractivity contribution in [3.05, 3.63) is 184 Å². The number of aromatic nitrogens is 6. The summed E-state index contributed by atoms with van der Waals surface area (Å²) in [6, 6.07) is 47.4. The molecule has 10 nitrogen and oxygen atoms in total. The molecule has 0 saturated carbocycles. The third-order valence-corrected chi connectivity index (χ3v) is 8.79. The number of benzene rings is 5. The third kappa shape index (κ3) is 5.99. The van der Waals surface area contributed by atoms with Crippen molar-refractivity contribution in [1.82, 2.24) is 30.2 Å². The minimum atomic E-state index is -0.884. The van der Waals surface area contributed by atoms with Gasteiger partial charge in [-0.1, -0.05) is 146 Å². The smallest absolute Gasteiger partial charge is 0.358 e. The van der Waals surface area contributed by atoms with Gasteiger partial charge < -0.3 is 15.0 Å². The Kier molecular flexibility index (Phi) is 9.15. The van der Waals surface area contributed by atoms with E-state index in [0.29, 0.717) is 18.9 Å². The van der Waals surface area contributed by atoms with E-state index in [1.54, 1.807) is 0 Å². The van der Waals surface area contributed by atoms with Crippen molar-refractivity contribution in [2.24, 2.45) is 0 Å². The van der Waals surface area contributed by atoms with Crippen molar-refractivity contribution < 1.29 is 4.92 Å². The van der Waals surface area contributed by atoms with E-state index in [1.807, 2.05) is 101 Å². The minimum Gasteiger partial charge on any atom is -0.358 e. The maximum Gasteiger partial charge on any atom is 0.406 e. The molecule has 50 heavy (non-hydrogen) atoms. The molecule has 10 heteroatoms. The Labute approximate surface area is 289 Å². The van der Waals surface area contributed by atoms with Crippen LogP contribution in [-0.2, 0) is 12.1 Å². The van der Waals surface area contributed by atoms with Crippen molar-refractivity contribution in [2.75, 3.05) is 11.4 Å². The molecular weight excluding hydrogens is 624 g/mol. The van der Waals surface area contributed by atoms with Crippen LogP contribution < -0.4 is 4.90 Å². The Morgan fingerprint density at radius 1 is 0.700 bits per heavy atom. The Morgan fingerprint density at radius 2 is 1.24 bits per heavy atom. The first-order chi connectivity index (χ1) is 24.6. The van der Waals surface area contributed by atoms with E-state index in [2.05, 4.69) is 74.9 Å². The van der Waals surface area contributed by atoms with E-state index < -0.39 is 10.5 Å². The van der Waals surface area contributed by atoms with Crippen LogP contribution in [0.15, 0.2) is 152 Å². The first kappa shape index (κ1) is 32.0. The summed E-state index contributed by atoms with van der Waals surface area (Å²) in [6.07, 6.45) is 3.63. The molecule has 7 aromatic rings. The number of hydrogen-bond acceptors (Lipinski definition) is 8. The standard InChI is InChI=1S/C40H34N8O2/c1-2-28-46(38-39(48(49)50)42-27-26-41-38)29-30-22-24-31(25-23-30)35-20-12-13-21-36(35)37-43-44-45-47(37)40(32-14-6-3-7-15-32,33-16-8-4-9-17-33)34-18-10-5-11-19-34/h3-27H,2,28-29H2,1H3. The number of hydrogen-bond donors (Lipinski definition) is 0. The van der Waals surface area contributed by atoms with Crippen molar-refractivity contribution in [1.29, 1.82) is 0 Å². The summed E-state index contributed by atoms with van der Waals surface area (Å²) in [5.74, 6) is 0.631. The molecule has 2 aromatic heterocycles. The average Bonchev–Trinajstić information content (AvgIpc) is 3.67. The van der Waals surface area contributed by atoms with E-state index >= 15 is 0 Å². The molecule has 0 aliphatic rings. The van der Waals surface area contributed by atoms with Crippen molar-refractivity contribution in [2.45, 2.75) is 25.4 Å². The Balaban J connectivity index is 1.32. The van der Waals surface area contributed by atoms with E-state index in [0.717, 1.165) is 45.4 Å². The highest BCUT2D eigenvalue weighted by Gasteiger charge is 2.42. The van der Waals surface area contributed by atoms with Crippen LogP contribution in [0.3, 0.4) is 0 Å². The number of nitrogens with zero attached hydrogens (tertiary/aromatic N) is 8. The molecule has 2 heterocycles. The van der Waals surface area contributed by atoms with Gasteiger partial charge in [0.25, 0.3) is 0 Å². The molecule has 0 aliphatic carbocycles. The second kappa shape index (κ2) is 14.3. The van der Waals surface area contributed by atoms with Gasteiger partial charge in [0, 0.05) is 18.7 Å². The lowest BCUT2D eigenvalue weighted by Crippen LogP contribution is -2.39.